The normalized spacial score (nSPS) is 29.1. The van der Waals surface area contributed by atoms with Crippen molar-refractivity contribution in [3.05, 3.63) is 29.8 Å². The Kier molecular flexibility index (Phi) is 3.29. The number of aliphatic hydroxyl groups excluding tert-OH is 1. The molecular formula is C16H23NO. The third kappa shape index (κ3) is 2.03. The fourth-order valence-electron chi connectivity index (χ4n) is 3.81. The zero-order valence-electron chi connectivity index (χ0n) is 11.2. The molecule has 0 bridgehead atoms. The molecule has 2 nitrogen and oxygen atoms in total. The van der Waals surface area contributed by atoms with Crippen LogP contribution in [0.15, 0.2) is 24.3 Å². The van der Waals surface area contributed by atoms with Gasteiger partial charge in [-0.05, 0) is 38.2 Å². The van der Waals surface area contributed by atoms with Crippen molar-refractivity contribution in [2.75, 3.05) is 11.4 Å². The van der Waals surface area contributed by atoms with Crippen LogP contribution in [0.2, 0.25) is 0 Å². The maximum atomic E-state index is 9.93. The zero-order valence-corrected chi connectivity index (χ0v) is 11.2. The van der Waals surface area contributed by atoms with Gasteiger partial charge in [-0.15, -0.1) is 0 Å². The lowest BCUT2D eigenvalue weighted by Crippen LogP contribution is -2.35. The van der Waals surface area contributed by atoms with Crippen LogP contribution in [0.25, 0.3) is 0 Å². The van der Waals surface area contributed by atoms with Crippen LogP contribution >= 0.6 is 0 Å². The van der Waals surface area contributed by atoms with Crippen LogP contribution in [-0.4, -0.2) is 17.7 Å². The maximum absolute atomic E-state index is 9.93. The van der Waals surface area contributed by atoms with Crippen LogP contribution in [-0.2, 0) is 0 Å². The van der Waals surface area contributed by atoms with E-state index in [-0.39, 0.29) is 6.10 Å². The summed E-state index contributed by atoms with van der Waals surface area (Å²) in [6.45, 7) is 3.03. The molecule has 1 aliphatic carbocycles. The molecule has 1 N–H and O–H groups in total. The van der Waals surface area contributed by atoms with E-state index < -0.39 is 0 Å². The summed E-state index contributed by atoms with van der Waals surface area (Å²) in [6, 6.07) is 9.09. The standard InChI is InChI=1S/C16H23NO/c1-12(18)14-7-3-5-9-16(14)17-11-10-13-6-2-4-8-15(13)17/h3,5,7,9,12-13,15,18H,2,4,6,8,10-11H2,1H3. The van der Waals surface area contributed by atoms with Crippen molar-refractivity contribution in [2.24, 2.45) is 5.92 Å². The average Bonchev–Trinajstić information content (AvgIpc) is 2.82. The lowest BCUT2D eigenvalue weighted by atomic mass is 9.85. The minimum Gasteiger partial charge on any atom is -0.389 e. The van der Waals surface area contributed by atoms with Crippen LogP contribution in [0.1, 0.15) is 50.7 Å². The largest absolute Gasteiger partial charge is 0.389 e. The van der Waals surface area contributed by atoms with E-state index >= 15 is 0 Å². The highest BCUT2D eigenvalue weighted by Gasteiger charge is 2.36. The molecule has 2 fully saturated rings. The SMILES string of the molecule is CC(O)c1ccccc1N1CCC2CCCCC21. The number of fused-ring (bicyclic) bond motifs is 1. The number of hydrogen-bond acceptors (Lipinski definition) is 2. The highest BCUT2D eigenvalue weighted by Crippen LogP contribution is 2.40. The van der Waals surface area contributed by atoms with Crippen LogP contribution < -0.4 is 4.90 Å². The van der Waals surface area contributed by atoms with Gasteiger partial charge in [-0.1, -0.05) is 31.0 Å². The van der Waals surface area contributed by atoms with E-state index in [4.69, 9.17) is 0 Å². The molecule has 2 heteroatoms. The van der Waals surface area contributed by atoms with Gasteiger partial charge < -0.3 is 10.0 Å². The average molecular weight is 245 g/mol. The van der Waals surface area contributed by atoms with Gasteiger partial charge in [0.15, 0.2) is 0 Å². The van der Waals surface area contributed by atoms with Crippen LogP contribution in [0, 0.1) is 5.92 Å². The summed E-state index contributed by atoms with van der Waals surface area (Å²) in [5, 5.41) is 9.93. The van der Waals surface area contributed by atoms with Crippen molar-refractivity contribution >= 4 is 5.69 Å². The van der Waals surface area contributed by atoms with Gasteiger partial charge in [0.25, 0.3) is 0 Å². The summed E-state index contributed by atoms with van der Waals surface area (Å²) in [7, 11) is 0. The number of anilines is 1. The number of rotatable bonds is 2. The molecule has 18 heavy (non-hydrogen) atoms. The van der Waals surface area contributed by atoms with E-state index in [1.54, 1.807) is 0 Å². The minimum absolute atomic E-state index is 0.371. The van der Waals surface area contributed by atoms with Crippen molar-refractivity contribution in [1.29, 1.82) is 0 Å². The van der Waals surface area contributed by atoms with Crippen molar-refractivity contribution in [2.45, 2.75) is 51.2 Å². The van der Waals surface area contributed by atoms with Gasteiger partial charge in [-0.2, -0.15) is 0 Å². The molecule has 1 saturated heterocycles. The first-order chi connectivity index (χ1) is 8.77. The number of aliphatic hydroxyl groups is 1. The highest BCUT2D eigenvalue weighted by molar-refractivity contribution is 5.56. The summed E-state index contributed by atoms with van der Waals surface area (Å²) in [5.74, 6) is 0.890. The zero-order chi connectivity index (χ0) is 12.5. The molecule has 98 valence electrons. The van der Waals surface area contributed by atoms with E-state index in [1.807, 2.05) is 13.0 Å². The predicted molar refractivity (Wildman–Crippen MR) is 74.8 cm³/mol. The van der Waals surface area contributed by atoms with Gasteiger partial charge >= 0.3 is 0 Å². The van der Waals surface area contributed by atoms with Crippen molar-refractivity contribution in [1.82, 2.24) is 0 Å². The number of hydrogen-bond donors (Lipinski definition) is 1. The quantitative estimate of drug-likeness (QED) is 0.862. The molecule has 0 amide bonds. The van der Waals surface area contributed by atoms with E-state index in [0.29, 0.717) is 0 Å². The lowest BCUT2D eigenvalue weighted by molar-refractivity contribution is 0.199. The second kappa shape index (κ2) is 4.93. The second-order valence-corrected chi connectivity index (χ2v) is 5.83. The van der Waals surface area contributed by atoms with Gasteiger partial charge in [-0.3, -0.25) is 0 Å². The molecule has 3 unspecified atom stereocenters. The third-order valence-corrected chi connectivity index (χ3v) is 4.71. The first-order valence-corrected chi connectivity index (χ1v) is 7.31. The van der Waals surface area contributed by atoms with Gasteiger partial charge in [-0.25, -0.2) is 0 Å². The molecule has 3 rings (SSSR count). The number of nitrogens with zero attached hydrogens (tertiary/aromatic N) is 1. The lowest BCUT2D eigenvalue weighted by Gasteiger charge is -2.34. The minimum atomic E-state index is -0.371. The Bertz CT molecular complexity index is 415. The fourth-order valence-corrected chi connectivity index (χ4v) is 3.81. The molecule has 1 saturated carbocycles. The topological polar surface area (TPSA) is 23.5 Å². The van der Waals surface area contributed by atoms with Crippen LogP contribution in [0.5, 0.6) is 0 Å². The van der Waals surface area contributed by atoms with Crippen molar-refractivity contribution in [3.8, 4) is 0 Å². The molecule has 2 aliphatic rings. The second-order valence-electron chi connectivity index (χ2n) is 5.83. The Morgan fingerprint density at radius 1 is 1.17 bits per heavy atom. The highest BCUT2D eigenvalue weighted by atomic mass is 16.3. The first kappa shape index (κ1) is 12.0. The fraction of sp³-hybridized carbons (Fsp3) is 0.625. The Labute approximate surface area is 110 Å². The van der Waals surface area contributed by atoms with Crippen LogP contribution in [0.3, 0.4) is 0 Å². The summed E-state index contributed by atoms with van der Waals surface area (Å²) in [4.78, 5) is 2.56. The Hall–Kier alpha value is -1.02. The van der Waals surface area contributed by atoms with E-state index in [2.05, 4.69) is 23.1 Å². The Morgan fingerprint density at radius 2 is 1.94 bits per heavy atom. The van der Waals surface area contributed by atoms with Crippen LogP contribution in [0.4, 0.5) is 5.69 Å². The molecule has 3 atom stereocenters. The molecule has 1 heterocycles. The predicted octanol–water partition coefficient (Wildman–Crippen LogP) is 3.51. The monoisotopic (exact) mass is 245 g/mol. The molecule has 0 radical (unpaired) electrons. The summed E-state index contributed by atoms with van der Waals surface area (Å²) in [6.07, 6.45) is 6.47. The molecule has 1 aliphatic heterocycles. The first-order valence-electron chi connectivity index (χ1n) is 7.31. The van der Waals surface area contributed by atoms with Gasteiger partial charge in [0, 0.05) is 23.8 Å². The molecular weight excluding hydrogens is 222 g/mol. The van der Waals surface area contributed by atoms with E-state index in [9.17, 15) is 5.11 Å². The van der Waals surface area contributed by atoms with E-state index in [0.717, 1.165) is 17.5 Å². The van der Waals surface area contributed by atoms with Gasteiger partial charge in [0.2, 0.25) is 0 Å². The third-order valence-electron chi connectivity index (χ3n) is 4.71. The summed E-state index contributed by atoms with van der Waals surface area (Å²) >= 11 is 0. The molecule has 0 aromatic heterocycles. The van der Waals surface area contributed by atoms with Crippen molar-refractivity contribution in [3.63, 3.8) is 0 Å². The van der Waals surface area contributed by atoms with Crippen molar-refractivity contribution < 1.29 is 5.11 Å². The molecule has 0 spiro atoms. The van der Waals surface area contributed by atoms with Gasteiger partial charge in [0.05, 0.1) is 6.10 Å². The number of benzene rings is 1. The van der Waals surface area contributed by atoms with Gasteiger partial charge in [0.1, 0.15) is 0 Å². The summed E-state index contributed by atoms with van der Waals surface area (Å²) in [5.41, 5.74) is 2.35. The molecule has 1 aromatic rings. The smallest absolute Gasteiger partial charge is 0.0781 e. The maximum Gasteiger partial charge on any atom is 0.0781 e. The Morgan fingerprint density at radius 3 is 2.78 bits per heavy atom. The summed E-state index contributed by atoms with van der Waals surface area (Å²) < 4.78 is 0. The Balaban J connectivity index is 1.90. The molecule has 1 aromatic carbocycles. The number of para-hydroxylation sites is 1. The van der Waals surface area contributed by atoms with E-state index in [1.165, 1.54) is 44.3 Å².